The minimum Gasteiger partial charge on any atom is -0.393 e. The zero-order valence-electron chi connectivity index (χ0n) is 8.89. The van der Waals surface area contributed by atoms with Crippen LogP contribution >= 0.6 is 15.9 Å². The molecule has 1 atom stereocenters. The van der Waals surface area contributed by atoms with Gasteiger partial charge < -0.3 is 10.4 Å². The Morgan fingerprint density at radius 2 is 2.44 bits per heavy atom. The Kier molecular flexibility index (Phi) is 3.40. The van der Waals surface area contributed by atoms with Crippen molar-refractivity contribution in [1.29, 1.82) is 0 Å². The van der Waals surface area contributed by atoms with Crippen LogP contribution in [0.25, 0.3) is 5.65 Å². The summed E-state index contributed by atoms with van der Waals surface area (Å²) in [5, 5.41) is 16.4. The number of rotatable bonds is 4. The third-order valence-corrected chi connectivity index (χ3v) is 2.78. The molecule has 0 saturated heterocycles. The fraction of sp³-hybridized carbons (Fsp3) is 0.400. The number of halogens is 1. The summed E-state index contributed by atoms with van der Waals surface area (Å²) in [6.45, 7) is 2.42. The molecule has 5 nitrogen and oxygen atoms in total. The summed E-state index contributed by atoms with van der Waals surface area (Å²) in [5.74, 6) is 0.576. The number of fused-ring (bicyclic) bond motifs is 1. The van der Waals surface area contributed by atoms with Gasteiger partial charge in [0.15, 0.2) is 5.65 Å². The fourth-order valence-corrected chi connectivity index (χ4v) is 1.76. The highest BCUT2D eigenvalue weighted by Crippen LogP contribution is 2.16. The summed E-state index contributed by atoms with van der Waals surface area (Å²) in [5.41, 5.74) is 0.780. The van der Waals surface area contributed by atoms with E-state index in [9.17, 15) is 0 Å². The van der Waals surface area contributed by atoms with Gasteiger partial charge >= 0.3 is 0 Å². The van der Waals surface area contributed by atoms with Gasteiger partial charge in [0.05, 0.1) is 10.6 Å². The van der Waals surface area contributed by atoms with Crippen molar-refractivity contribution >= 4 is 27.5 Å². The highest BCUT2D eigenvalue weighted by molar-refractivity contribution is 9.10. The van der Waals surface area contributed by atoms with Gasteiger partial charge in [-0.15, -0.1) is 5.10 Å². The van der Waals surface area contributed by atoms with E-state index < -0.39 is 0 Å². The third kappa shape index (κ3) is 2.51. The van der Waals surface area contributed by atoms with Gasteiger partial charge in [0.25, 0.3) is 0 Å². The van der Waals surface area contributed by atoms with Crippen molar-refractivity contribution in [2.24, 2.45) is 0 Å². The first-order chi connectivity index (χ1) is 7.66. The van der Waals surface area contributed by atoms with E-state index in [-0.39, 0.29) is 6.10 Å². The number of hydrogen-bond acceptors (Lipinski definition) is 4. The quantitative estimate of drug-likeness (QED) is 0.897. The topological polar surface area (TPSA) is 62.5 Å². The second-order valence-corrected chi connectivity index (χ2v) is 4.48. The van der Waals surface area contributed by atoms with E-state index in [2.05, 4.69) is 31.3 Å². The van der Waals surface area contributed by atoms with Crippen molar-refractivity contribution < 1.29 is 5.11 Å². The lowest BCUT2D eigenvalue weighted by Gasteiger charge is -2.03. The first-order valence-corrected chi connectivity index (χ1v) is 5.89. The van der Waals surface area contributed by atoms with Crippen molar-refractivity contribution in [2.45, 2.75) is 19.4 Å². The van der Waals surface area contributed by atoms with Gasteiger partial charge in [0, 0.05) is 12.7 Å². The first-order valence-electron chi connectivity index (χ1n) is 5.09. The van der Waals surface area contributed by atoms with Gasteiger partial charge in [-0.2, -0.15) is 4.98 Å². The van der Waals surface area contributed by atoms with E-state index in [0.717, 1.165) is 10.1 Å². The normalized spacial score (nSPS) is 12.9. The molecule has 0 aliphatic carbocycles. The average molecular weight is 285 g/mol. The minimum atomic E-state index is -0.309. The lowest BCUT2D eigenvalue weighted by atomic mass is 10.3. The van der Waals surface area contributed by atoms with E-state index in [0.29, 0.717) is 18.9 Å². The molecule has 1 unspecified atom stereocenters. The molecule has 0 radical (unpaired) electrons. The van der Waals surface area contributed by atoms with Crippen LogP contribution in [0, 0.1) is 0 Å². The molecule has 2 aromatic heterocycles. The molecule has 0 spiro atoms. The van der Waals surface area contributed by atoms with Gasteiger partial charge in [-0.25, -0.2) is 4.52 Å². The molecule has 2 rings (SSSR count). The predicted octanol–water partition coefficient (Wildman–Crippen LogP) is 1.67. The lowest BCUT2D eigenvalue weighted by molar-refractivity contribution is 0.188. The lowest BCUT2D eigenvalue weighted by Crippen LogP contribution is -2.10. The zero-order chi connectivity index (χ0) is 11.5. The van der Waals surface area contributed by atoms with Crippen molar-refractivity contribution in [3.05, 3.63) is 22.8 Å². The Morgan fingerprint density at radius 1 is 1.62 bits per heavy atom. The van der Waals surface area contributed by atoms with Crippen molar-refractivity contribution in [3.8, 4) is 0 Å². The highest BCUT2D eigenvalue weighted by atomic mass is 79.9. The standard InChI is InChI=1S/C10H13BrN4O/c1-7(16)4-5-12-10-13-9-8(11)3-2-6-15(9)14-10/h2-3,6-7,16H,4-5H2,1H3,(H,12,14). The molecule has 0 bridgehead atoms. The predicted molar refractivity (Wildman–Crippen MR) is 65.5 cm³/mol. The van der Waals surface area contributed by atoms with Crippen molar-refractivity contribution in [1.82, 2.24) is 14.6 Å². The highest BCUT2D eigenvalue weighted by Gasteiger charge is 2.05. The molecule has 2 aromatic rings. The monoisotopic (exact) mass is 284 g/mol. The Balaban J connectivity index is 2.11. The smallest absolute Gasteiger partial charge is 0.243 e. The maximum Gasteiger partial charge on any atom is 0.243 e. The van der Waals surface area contributed by atoms with Gasteiger partial charge in [0.1, 0.15) is 0 Å². The maximum absolute atomic E-state index is 9.12. The number of aromatic nitrogens is 3. The van der Waals surface area contributed by atoms with Crippen molar-refractivity contribution in [3.63, 3.8) is 0 Å². The first kappa shape index (κ1) is 11.3. The number of nitrogens with zero attached hydrogens (tertiary/aromatic N) is 3. The van der Waals surface area contributed by atoms with Crippen LogP contribution in [0.1, 0.15) is 13.3 Å². The molecular weight excluding hydrogens is 272 g/mol. The Bertz CT molecular complexity index is 483. The number of nitrogens with one attached hydrogen (secondary N) is 1. The Morgan fingerprint density at radius 3 is 3.12 bits per heavy atom. The van der Waals surface area contributed by atoms with E-state index >= 15 is 0 Å². The molecule has 2 N–H and O–H groups in total. The van der Waals surface area contributed by atoms with E-state index in [1.165, 1.54) is 0 Å². The molecule has 0 aromatic carbocycles. The summed E-state index contributed by atoms with van der Waals surface area (Å²) < 4.78 is 2.61. The number of anilines is 1. The molecule has 2 heterocycles. The largest absolute Gasteiger partial charge is 0.393 e. The van der Waals surface area contributed by atoms with Crippen LogP contribution in [0.15, 0.2) is 22.8 Å². The SMILES string of the molecule is CC(O)CCNc1nc2c(Br)cccn2n1. The Hall–Kier alpha value is -1.14. The number of hydrogen-bond donors (Lipinski definition) is 2. The van der Waals surface area contributed by atoms with Gasteiger partial charge in [-0.1, -0.05) is 0 Å². The van der Waals surface area contributed by atoms with Crippen LogP contribution in [-0.4, -0.2) is 32.4 Å². The third-order valence-electron chi connectivity index (χ3n) is 2.16. The molecule has 86 valence electrons. The van der Waals surface area contributed by atoms with E-state index in [4.69, 9.17) is 5.11 Å². The van der Waals surface area contributed by atoms with Crippen LogP contribution in [0.2, 0.25) is 0 Å². The minimum absolute atomic E-state index is 0.309. The van der Waals surface area contributed by atoms with E-state index in [1.807, 2.05) is 18.3 Å². The van der Waals surface area contributed by atoms with Crippen LogP contribution in [0.5, 0.6) is 0 Å². The maximum atomic E-state index is 9.12. The molecule has 0 aliphatic heterocycles. The number of pyridine rings is 1. The number of aliphatic hydroxyl groups excluding tert-OH is 1. The second-order valence-electron chi connectivity index (χ2n) is 3.62. The summed E-state index contributed by atoms with van der Waals surface area (Å²) in [7, 11) is 0. The number of aliphatic hydroxyl groups is 1. The molecule has 16 heavy (non-hydrogen) atoms. The van der Waals surface area contributed by atoms with Crippen LogP contribution in [0.3, 0.4) is 0 Å². The zero-order valence-corrected chi connectivity index (χ0v) is 10.5. The summed E-state index contributed by atoms with van der Waals surface area (Å²) in [6, 6.07) is 3.81. The summed E-state index contributed by atoms with van der Waals surface area (Å²) in [6.07, 6.45) is 2.21. The van der Waals surface area contributed by atoms with Gasteiger partial charge in [-0.05, 0) is 41.4 Å². The second kappa shape index (κ2) is 4.80. The van der Waals surface area contributed by atoms with Crippen molar-refractivity contribution in [2.75, 3.05) is 11.9 Å². The molecule has 0 saturated carbocycles. The summed E-state index contributed by atoms with van der Waals surface area (Å²) in [4.78, 5) is 4.32. The fourth-order valence-electron chi connectivity index (χ4n) is 1.34. The van der Waals surface area contributed by atoms with E-state index in [1.54, 1.807) is 11.4 Å². The van der Waals surface area contributed by atoms with Crippen LogP contribution in [-0.2, 0) is 0 Å². The molecule has 6 heteroatoms. The summed E-state index contributed by atoms with van der Waals surface area (Å²) >= 11 is 3.41. The molecule has 0 amide bonds. The molecular formula is C10H13BrN4O. The molecule has 0 fully saturated rings. The van der Waals surface area contributed by atoms with Gasteiger partial charge in [0.2, 0.25) is 5.95 Å². The average Bonchev–Trinajstić information content (AvgIpc) is 2.61. The van der Waals surface area contributed by atoms with Gasteiger partial charge in [-0.3, -0.25) is 0 Å². The van der Waals surface area contributed by atoms with Crippen LogP contribution < -0.4 is 5.32 Å². The molecule has 0 aliphatic rings. The Labute approximate surface area is 102 Å². The van der Waals surface area contributed by atoms with Crippen LogP contribution in [0.4, 0.5) is 5.95 Å².